The molecule has 16 heavy (non-hydrogen) atoms. The second-order valence-electron chi connectivity index (χ2n) is 2.73. The third kappa shape index (κ3) is 38.4. The maximum Gasteiger partial charge on any atom is 2.00 e. The molecule has 0 atom stereocenters. The predicted molar refractivity (Wildman–Crippen MR) is 52.5 cm³/mol. The van der Waals surface area contributed by atoms with Gasteiger partial charge in [-0.25, -0.2) is 0 Å². The van der Waals surface area contributed by atoms with Crippen molar-refractivity contribution < 1.29 is 41.8 Å². The van der Waals surface area contributed by atoms with Gasteiger partial charge in [-0.3, -0.25) is 9.59 Å². The average Bonchev–Trinajstić information content (AvgIpc) is 1.79. The van der Waals surface area contributed by atoms with E-state index in [-0.39, 0.29) is 45.1 Å². The molecule has 6 heteroatoms. The number of allylic oxidation sites excluding steroid dienone is 4. The van der Waals surface area contributed by atoms with Crippen LogP contribution in [0, 0.1) is 0 Å². The molecule has 0 aliphatic heterocycles. The fourth-order valence-corrected chi connectivity index (χ4v) is 0.572. The minimum atomic E-state index is -0.187. The summed E-state index contributed by atoms with van der Waals surface area (Å²) in [5, 5.41) is 20.0. The van der Waals surface area contributed by atoms with Crippen molar-refractivity contribution in [2.75, 3.05) is 0 Å². The number of rotatable bonds is 2. The summed E-state index contributed by atoms with van der Waals surface area (Å²) >= 11 is 0. The first-order chi connectivity index (χ1) is 6.25. The first kappa shape index (κ1) is 24.2. The third-order valence-electron chi connectivity index (χ3n) is 0.813. The van der Waals surface area contributed by atoms with Crippen LogP contribution in [-0.4, -0.2) is 17.0 Å². The summed E-state index contributed by atoms with van der Waals surface area (Å²) in [7, 11) is 0. The van der Waals surface area contributed by atoms with Crippen molar-refractivity contribution >= 4 is 11.6 Å². The first-order valence-corrected chi connectivity index (χ1v) is 3.97. The summed E-state index contributed by atoms with van der Waals surface area (Å²) in [4.78, 5) is 20.0. The molecule has 0 aromatic carbocycles. The molecule has 0 aliphatic carbocycles. The Morgan fingerprint density at radius 2 is 1.00 bits per heavy atom. The van der Waals surface area contributed by atoms with E-state index in [4.69, 9.17) is 0 Å². The van der Waals surface area contributed by atoms with Crippen LogP contribution in [0.15, 0.2) is 23.7 Å². The number of carbonyl (C=O) groups is 2. The fraction of sp³-hybridized carbons (Fsp3) is 0.400. The van der Waals surface area contributed by atoms with E-state index in [1.54, 1.807) is 0 Å². The predicted octanol–water partition coefficient (Wildman–Crippen LogP) is -1.15. The fourth-order valence-electron chi connectivity index (χ4n) is 0.572. The summed E-state index contributed by atoms with van der Waals surface area (Å²) in [6.45, 7) is 5.39. The van der Waals surface area contributed by atoms with Crippen LogP contribution >= 0.6 is 0 Å². The van der Waals surface area contributed by atoms with Gasteiger partial charge in [-0.2, -0.15) is 0 Å². The molecule has 0 heterocycles. The Balaban J connectivity index is -0.0000000800. The number of hydrogen-bond donors (Lipinski definition) is 0. The molecule has 0 unspecified atom stereocenters. The van der Waals surface area contributed by atoms with Crippen molar-refractivity contribution in [1.82, 2.24) is 0 Å². The Kier molecular flexibility index (Phi) is 21.0. The Labute approximate surface area is 105 Å². The number of hydrogen-bond acceptors (Lipinski definition) is 4. The van der Waals surface area contributed by atoms with E-state index in [0.717, 1.165) is 12.2 Å². The molecule has 5 nitrogen and oxygen atoms in total. The van der Waals surface area contributed by atoms with Gasteiger partial charge in [0.25, 0.3) is 0 Å². The SMILES string of the molecule is CC(=O)C=C(C)[O-].CC(=O)C=C(C)[O-].O.[Ni+2]. The van der Waals surface area contributed by atoms with Gasteiger partial charge >= 0.3 is 16.5 Å². The van der Waals surface area contributed by atoms with Crippen LogP contribution in [0.2, 0.25) is 0 Å². The molecule has 96 valence electrons. The normalized spacial score (nSPS) is 10.0. The van der Waals surface area contributed by atoms with Crippen molar-refractivity contribution in [2.45, 2.75) is 27.7 Å². The van der Waals surface area contributed by atoms with E-state index in [2.05, 4.69) is 0 Å². The minimum absolute atomic E-state index is 0. The molecule has 0 saturated heterocycles. The summed E-state index contributed by atoms with van der Waals surface area (Å²) < 4.78 is 0. The second-order valence-corrected chi connectivity index (χ2v) is 2.73. The summed E-state index contributed by atoms with van der Waals surface area (Å²) in [6.07, 6.45) is 2.11. The van der Waals surface area contributed by atoms with Crippen LogP contribution in [-0.2, 0) is 26.1 Å². The zero-order chi connectivity index (χ0) is 11.7. The monoisotopic (exact) mass is 274 g/mol. The maximum absolute atomic E-state index is 9.98. The van der Waals surface area contributed by atoms with Crippen molar-refractivity contribution in [1.29, 1.82) is 0 Å². The van der Waals surface area contributed by atoms with Gasteiger partial charge in [0, 0.05) is 0 Å². The van der Waals surface area contributed by atoms with E-state index in [1.165, 1.54) is 27.7 Å². The molecule has 2 N–H and O–H groups in total. The molecule has 0 radical (unpaired) electrons. The molecule has 0 amide bonds. The molecule has 0 fully saturated rings. The Morgan fingerprint density at radius 3 is 1.00 bits per heavy atom. The number of ketones is 2. The largest absolute Gasteiger partial charge is 2.00 e. The molecular formula is C10H16NiO5. The van der Waals surface area contributed by atoms with Gasteiger partial charge < -0.3 is 15.7 Å². The van der Waals surface area contributed by atoms with Crippen molar-refractivity contribution in [3.05, 3.63) is 23.7 Å². The Hall–Kier alpha value is -1.13. The standard InChI is InChI=1S/2C5H8O2.Ni.H2O/c2*1-4(6)3-5(2)7;;/h2*3,6H,1-2H3;;1H2/q;;+2;/p-2. The van der Waals surface area contributed by atoms with E-state index >= 15 is 0 Å². The molecule has 0 aliphatic rings. The van der Waals surface area contributed by atoms with Crippen LogP contribution in [0.3, 0.4) is 0 Å². The molecule has 0 aromatic rings. The topological polar surface area (TPSA) is 112 Å². The van der Waals surface area contributed by atoms with Crippen molar-refractivity contribution in [2.24, 2.45) is 0 Å². The van der Waals surface area contributed by atoms with Gasteiger partial charge in [-0.05, 0) is 26.0 Å². The van der Waals surface area contributed by atoms with E-state index < -0.39 is 0 Å². The zero-order valence-electron chi connectivity index (χ0n) is 9.60. The smallest absolute Gasteiger partial charge is 0.876 e. The molecule has 0 spiro atoms. The van der Waals surface area contributed by atoms with Gasteiger partial charge in [0.05, 0.1) is 0 Å². The third-order valence-corrected chi connectivity index (χ3v) is 0.813. The average molecular weight is 275 g/mol. The van der Waals surface area contributed by atoms with Crippen LogP contribution in [0.5, 0.6) is 0 Å². The second kappa shape index (κ2) is 13.9. The molecule has 0 aromatic heterocycles. The Bertz CT molecular complexity index is 232. The van der Waals surface area contributed by atoms with Gasteiger partial charge in [0.15, 0.2) is 11.6 Å². The van der Waals surface area contributed by atoms with Crippen molar-refractivity contribution in [3.63, 3.8) is 0 Å². The number of carbonyl (C=O) groups excluding carboxylic acids is 2. The van der Waals surface area contributed by atoms with E-state index in [9.17, 15) is 19.8 Å². The molecular weight excluding hydrogens is 259 g/mol. The van der Waals surface area contributed by atoms with Gasteiger partial charge in [0.2, 0.25) is 0 Å². The maximum atomic E-state index is 9.98. The van der Waals surface area contributed by atoms with Gasteiger partial charge in [-0.1, -0.05) is 13.8 Å². The van der Waals surface area contributed by atoms with Gasteiger partial charge in [0.1, 0.15) is 0 Å². The quantitative estimate of drug-likeness (QED) is 0.360. The van der Waals surface area contributed by atoms with Gasteiger partial charge in [-0.15, -0.1) is 11.5 Å². The first-order valence-electron chi connectivity index (χ1n) is 3.97. The van der Waals surface area contributed by atoms with Crippen LogP contribution in [0.4, 0.5) is 0 Å². The van der Waals surface area contributed by atoms with Crippen LogP contribution < -0.4 is 10.2 Å². The van der Waals surface area contributed by atoms with Crippen LogP contribution in [0.1, 0.15) is 27.7 Å². The summed E-state index contributed by atoms with van der Waals surface area (Å²) in [5.74, 6) is -0.750. The molecule has 0 bridgehead atoms. The van der Waals surface area contributed by atoms with Crippen molar-refractivity contribution in [3.8, 4) is 0 Å². The van der Waals surface area contributed by atoms with E-state index in [1.807, 2.05) is 0 Å². The summed E-state index contributed by atoms with van der Waals surface area (Å²) in [6, 6.07) is 0. The summed E-state index contributed by atoms with van der Waals surface area (Å²) in [5.41, 5.74) is 0. The van der Waals surface area contributed by atoms with Crippen LogP contribution in [0.25, 0.3) is 0 Å². The molecule has 0 saturated carbocycles. The minimum Gasteiger partial charge on any atom is -0.876 e. The van der Waals surface area contributed by atoms with E-state index in [0.29, 0.717) is 0 Å². The molecule has 0 rings (SSSR count). The zero-order valence-corrected chi connectivity index (χ0v) is 10.6. The Morgan fingerprint density at radius 1 is 0.812 bits per heavy atom.